The zero-order valence-corrected chi connectivity index (χ0v) is 11.0. The van der Waals surface area contributed by atoms with Gasteiger partial charge >= 0.3 is 109 Å². The molecule has 1 heterocycles. The van der Waals surface area contributed by atoms with Crippen molar-refractivity contribution in [1.82, 2.24) is 0 Å². The molecule has 18 heavy (non-hydrogen) atoms. The van der Waals surface area contributed by atoms with Crippen LogP contribution in [0.4, 0.5) is 0 Å². The van der Waals surface area contributed by atoms with E-state index in [4.69, 9.17) is 0 Å². The van der Waals surface area contributed by atoms with Gasteiger partial charge in [0, 0.05) is 0 Å². The molecule has 0 saturated heterocycles. The number of hydrogen-bond acceptors (Lipinski definition) is 3. The van der Waals surface area contributed by atoms with Gasteiger partial charge in [-0.25, -0.2) is 0 Å². The van der Waals surface area contributed by atoms with Crippen LogP contribution in [0.25, 0.3) is 19.6 Å². The maximum absolute atomic E-state index is 9.80. The molecule has 4 heteroatoms. The van der Waals surface area contributed by atoms with Crippen LogP contribution in [0.5, 0.6) is 17.2 Å². The van der Waals surface area contributed by atoms with E-state index in [-0.39, 0.29) is 31.8 Å². The first kappa shape index (κ1) is 11.2. The van der Waals surface area contributed by atoms with Gasteiger partial charge in [-0.15, -0.1) is 0 Å². The molecule has 0 radical (unpaired) electrons. The molecular weight excluding hydrogens is 295 g/mol. The topological polar surface area (TPSA) is 60.7 Å². The monoisotopic (exact) mass is 306 g/mol. The van der Waals surface area contributed by atoms with Crippen molar-refractivity contribution in [1.29, 1.82) is 0 Å². The minimum atomic E-state index is 0.0179. The molecule has 0 unspecified atom stereocenters. The molecule has 1 aromatic heterocycles. The van der Waals surface area contributed by atoms with Crippen molar-refractivity contribution >= 4 is 24.1 Å². The van der Waals surface area contributed by atoms with Crippen LogP contribution in [0.2, 0.25) is 0 Å². The van der Waals surface area contributed by atoms with Gasteiger partial charge in [-0.2, -0.15) is 0 Å². The van der Waals surface area contributed by atoms with E-state index in [2.05, 4.69) is 0 Å². The van der Waals surface area contributed by atoms with Crippen LogP contribution in [-0.4, -0.2) is 29.8 Å². The number of phenolic OH excluding ortho intramolecular Hbond substituents is 3. The molecule has 0 amide bonds. The molecular formula is C14H10O3Se. The van der Waals surface area contributed by atoms with E-state index < -0.39 is 0 Å². The third kappa shape index (κ3) is 1.86. The SMILES string of the molecule is Oc1ccc(-c2cc3cc(O)cc(O)c3[se]2)cc1. The van der Waals surface area contributed by atoms with Gasteiger partial charge in [0.25, 0.3) is 0 Å². The Morgan fingerprint density at radius 1 is 0.778 bits per heavy atom. The van der Waals surface area contributed by atoms with E-state index in [9.17, 15) is 15.3 Å². The van der Waals surface area contributed by atoms with Gasteiger partial charge < -0.3 is 0 Å². The molecule has 0 saturated carbocycles. The van der Waals surface area contributed by atoms with Crippen molar-refractivity contribution in [3.05, 3.63) is 42.5 Å². The second-order valence-electron chi connectivity index (χ2n) is 4.04. The Bertz CT molecular complexity index is 714. The third-order valence-electron chi connectivity index (χ3n) is 2.73. The van der Waals surface area contributed by atoms with Gasteiger partial charge in [-0.1, -0.05) is 0 Å². The Labute approximate surface area is 109 Å². The fraction of sp³-hybridized carbons (Fsp3) is 0. The van der Waals surface area contributed by atoms with Crippen molar-refractivity contribution in [2.45, 2.75) is 0 Å². The van der Waals surface area contributed by atoms with Gasteiger partial charge in [0.2, 0.25) is 0 Å². The molecule has 0 fully saturated rings. The van der Waals surface area contributed by atoms with Gasteiger partial charge in [0.05, 0.1) is 0 Å². The van der Waals surface area contributed by atoms with Gasteiger partial charge in [-0.3, -0.25) is 0 Å². The first-order valence-electron chi connectivity index (χ1n) is 5.38. The van der Waals surface area contributed by atoms with Crippen LogP contribution in [0.15, 0.2) is 42.5 Å². The molecule has 0 aliphatic heterocycles. The first-order chi connectivity index (χ1) is 8.63. The summed E-state index contributed by atoms with van der Waals surface area (Å²) in [5.41, 5.74) is 1.03. The Hall–Kier alpha value is -1.90. The Morgan fingerprint density at radius 2 is 1.50 bits per heavy atom. The van der Waals surface area contributed by atoms with E-state index in [0.717, 1.165) is 19.6 Å². The second kappa shape index (κ2) is 4.09. The molecule has 3 aromatic rings. The minimum absolute atomic E-state index is 0.0179. The molecule has 2 aromatic carbocycles. The Kier molecular flexibility index (Phi) is 2.54. The van der Waals surface area contributed by atoms with Crippen LogP contribution >= 0.6 is 0 Å². The zero-order chi connectivity index (χ0) is 12.7. The molecule has 3 N–H and O–H groups in total. The summed E-state index contributed by atoms with van der Waals surface area (Å²) in [5.74, 6) is 0.461. The van der Waals surface area contributed by atoms with Crippen molar-refractivity contribution in [3.8, 4) is 27.2 Å². The Morgan fingerprint density at radius 3 is 2.22 bits per heavy atom. The Balaban J connectivity index is 2.19. The number of aromatic hydroxyl groups is 3. The number of rotatable bonds is 1. The van der Waals surface area contributed by atoms with Crippen LogP contribution in [0.1, 0.15) is 0 Å². The van der Waals surface area contributed by atoms with E-state index in [1.807, 2.05) is 18.2 Å². The fourth-order valence-electron chi connectivity index (χ4n) is 1.89. The number of phenols is 3. The molecule has 3 nitrogen and oxygen atoms in total. The van der Waals surface area contributed by atoms with E-state index in [0.29, 0.717) is 0 Å². The van der Waals surface area contributed by atoms with Gasteiger partial charge in [0.1, 0.15) is 0 Å². The maximum atomic E-state index is 9.80. The fourth-order valence-corrected chi connectivity index (χ4v) is 4.11. The number of hydrogen-bond donors (Lipinski definition) is 3. The van der Waals surface area contributed by atoms with Crippen LogP contribution in [-0.2, 0) is 0 Å². The third-order valence-corrected chi connectivity index (χ3v) is 5.30. The molecule has 0 aliphatic carbocycles. The predicted octanol–water partition coefficient (Wildman–Crippen LogP) is 2.68. The summed E-state index contributed by atoms with van der Waals surface area (Å²) < 4.78 is 2.02. The molecule has 0 bridgehead atoms. The summed E-state index contributed by atoms with van der Waals surface area (Å²) in [6, 6.07) is 12.0. The van der Waals surface area contributed by atoms with E-state index in [1.54, 1.807) is 18.2 Å². The summed E-state index contributed by atoms with van der Waals surface area (Å²) in [6.45, 7) is 0. The second-order valence-corrected chi connectivity index (χ2v) is 6.25. The molecule has 0 spiro atoms. The van der Waals surface area contributed by atoms with Crippen LogP contribution in [0.3, 0.4) is 0 Å². The van der Waals surface area contributed by atoms with Gasteiger partial charge in [0.15, 0.2) is 0 Å². The van der Waals surface area contributed by atoms with Crippen molar-refractivity contribution in [2.75, 3.05) is 0 Å². The van der Waals surface area contributed by atoms with Crippen molar-refractivity contribution in [3.63, 3.8) is 0 Å². The summed E-state index contributed by atoms with van der Waals surface area (Å²) >= 11 is 0.0179. The average Bonchev–Trinajstić information content (AvgIpc) is 2.74. The first-order valence-corrected chi connectivity index (χ1v) is 7.10. The van der Waals surface area contributed by atoms with Crippen LogP contribution < -0.4 is 0 Å². The van der Waals surface area contributed by atoms with Crippen molar-refractivity contribution in [2.24, 2.45) is 0 Å². The molecule has 0 aliphatic rings. The summed E-state index contributed by atoms with van der Waals surface area (Å²) in [7, 11) is 0. The molecule has 3 rings (SSSR count). The summed E-state index contributed by atoms with van der Waals surface area (Å²) in [5, 5.41) is 29.4. The van der Waals surface area contributed by atoms with Gasteiger partial charge in [-0.05, 0) is 0 Å². The van der Waals surface area contributed by atoms with Crippen molar-refractivity contribution < 1.29 is 15.3 Å². The molecule has 0 atom stereocenters. The normalized spacial score (nSPS) is 10.9. The predicted molar refractivity (Wildman–Crippen MR) is 71.3 cm³/mol. The van der Waals surface area contributed by atoms with E-state index in [1.165, 1.54) is 6.07 Å². The van der Waals surface area contributed by atoms with Crippen LogP contribution in [0, 0.1) is 0 Å². The zero-order valence-electron chi connectivity index (χ0n) is 9.29. The standard InChI is InChI=1S/C14H10O3Se/c15-10-3-1-8(2-4-10)13-6-9-5-11(16)7-12(17)14(9)18-13/h1-7,15-17H. The quantitative estimate of drug-likeness (QED) is 0.606. The van der Waals surface area contributed by atoms with E-state index >= 15 is 0 Å². The number of benzene rings is 2. The number of fused-ring (bicyclic) bond motifs is 1. The summed E-state index contributed by atoms with van der Waals surface area (Å²) in [6.07, 6.45) is 0. The summed E-state index contributed by atoms with van der Waals surface area (Å²) in [4.78, 5) is 0. The molecule has 90 valence electrons. The average molecular weight is 305 g/mol.